The highest BCUT2D eigenvalue weighted by molar-refractivity contribution is 5.92. The Morgan fingerprint density at radius 2 is 1.83 bits per heavy atom. The van der Waals surface area contributed by atoms with Gasteiger partial charge in [-0.25, -0.2) is 0 Å². The molecule has 0 fully saturated rings. The van der Waals surface area contributed by atoms with Crippen LogP contribution >= 0.6 is 0 Å². The van der Waals surface area contributed by atoms with E-state index in [-0.39, 0.29) is 11.9 Å². The van der Waals surface area contributed by atoms with E-state index in [0.29, 0.717) is 6.54 Å². The first-order valence-corrected chi connectivity index (χ1v) is 3.56. The van der Waals surface area contributed by atoms with E-state index in [1.807, 2.05) is 19.0 Å². The summed E-state index contributed by atoms with van der Waals surface area (Å²) in [6.45, 7) is 1.41. The minimum absolute atomic E-state index is 0.0684. The number of rotatable bonds is 3. The quantitative estimate of drug-likeness (QED) is 0.342. The number of aliphatic imine (C=N–C) groups is 2. The summed E-state index contributed by atoms with van der Waals surface area (Å²) in [4.78, 5) is 9.46. The molecule has 6 N–H and O–H groups in total. The van der Waals surface area contributed by atoms with Crippen molar-refractivity contribution in [2.75, 3.05) is 27.2 Å². The monoisotopic (exact) mass is 172 g/mol. The topological polar surface area (TPSA) is 106 Å². The maximum absolute atomic E-state index is 5.34. The molecule has 0 radical (unpaired) electrons. The first-order valence-electron chi connectivity index (χ1n) is 3.56. The van der Waals surface area contributed by atoms with Crippen LogP contribution < -0.4 is 17.2 Å². The Labute approximate surface area is 72.1 Å². The van der Waals surface area contributed by atoms with Gasteiger partial charge in [0.15, 0.2) is 5.96 Å². The van der Waals surface area contributed by atoms with Crippen molar-refractivity contribution >= 4 is 11.9 Å². The molecule has 0 atom stereocenters. The van der Waals surface area contributed by atoms with Gasteiger partial charge >= 0.3 is 0 Å². The van der Waals surface area contributed by atoms with Crippen LogP contribution in [-0.4, -0.2) is 44.0 Å². The van der Waals surface area contributed by atoms with E-state index in [9.17, 15) is 0 Å². The molecule has 0 aliphatic rings. The Morgan fingerprint density at radius 3 is 2.25 bits per heavy atom. The zero-order valence-corrected chi connectivity index (χ0v) is 7.49. The molecule has 0 aliphatic heterocycles. The standard InChI is InChI=1S/C6H16N6/c1-12(2)4-3-10-6(9)11-5(7)8/h3-4H2,1-2H3,(H6,7,8,9,10,11). The molecule has 70 valence electrons. The molecule has 0 aromatic rings. The average Bonchev–Trinajstić information content (AvgIpc) is 1.84. The zero-order valence-electron chi connectivity index (χ0n) is 7.49. The Kier molecular flexibility index (Phi) is 4.78. The molecule has 0 spiro atoms. The maximum atomic E-state index is 5.34. The highest BCUT2D eigenvalue weighted by Gasteiger charge is 1.90. The molecule has 0 aliphatic carbocycles. The highest BCUT2D eigenvalue weighted by atomic mass is 15.1. The van der Waals surface area contributed by atoms with Crippen molar-refractivity contribution in [3.63, 3.8) is 0 Å². The van der Waals surface area contributed by atoms with E-state index in [1.54, 1.807) is 0 Å². The lowest BCUT2D eigenvalue weighted by Crippen LogP contribution is -2.27. The van der Waals surface area contributed by atoms with Gasteiger partial charge in [0.25, 0.3) is 0 Å². The summed E-state index contributed by atoms with van der Waals surface area (Å²) in [6, 6.07) is 0. The second-order valence-corrected chi connectivity index (χ2v) is 2.58. The van der Waals surface area contributed by atoms with Crippen LogP contribution in [0.4, 0.5) is 0 Å². The van der Waals surface area contributed by atoms with Crippen LogP contribution in [0.1, 0.15) is 0 Å². The fraction of sp³-hybridized carbons (Fsp3) is 0.667. The van der Waals surface area contributed by atoms with Gasteiger partial charge in [0.05, 0.1) is 6.54 Å². The lowest BCUT2D eigenvalue weighted by molar-refractivity contribution is 0.420. The summed E-state index contributed by atoms with van der Waals surface area (Å²) in [5.41, 5.74) is 15.5. The summed E-state index contributed by atoms with van der Waals surface area (Å²) in [5, 5.41) is 0. The van der Waals surface area contributed by atoms with E-state index in [0.717, 1.165) is 6.54 Å². The van der Waals surface area contributed by atoms with Crippen LogP contribution in [0.5, 0.6) is 0 Å². The molecule has 12 heavy (non-hydrogen) atoms. The molecule has 6 heteroatoms. The average molecular weight is 172 g/mol. The lowest BCUT2D eigenvalue weighted by atomic mass is 10.6. The minimum atomic E-state index is -0.0684. The Balaban J connectivity index is 3.78. The third kappa shape index (κ3) is 6.81. The van der Waals surface area contributed by atoms with E-state index in [1.165, 1.54) is 0 Å². The first-order chi connectivity index (χ1) is 5.52. The molecule has 0 unspecified atom stereocenters. The van der Waals surface area contributed by atoms with Crippen molar-refractivity contribution in [2.45, 2.75) is 0 Å². The van der Waals surface area contributed by atoms with Gasteiger partial charge in [-0.05, 0) is 14.1 Å². The predicted molar refractivity (Wildman–Crippen MR) is 50.9 cm³/mol. The molecule has 0 heterocycles. The molecule has 0 bridgehead atoms. The van der Waals surface area contributed by atoms with Gasteiger partial charge < -0.3 is 22.1 Å². The van der Waals surface area contributed by atoms with E-state index >= 15 is 0 Å². The van der Waals surface area contributed by atoms with E-state index in [4.69, 9.17) is 17.2 Å². The SMILES string of the molecule is CN(C)CCN=C(N)N=C(N)N. The van der Waals surface area contributed by atoms with Gasteiger partial charge in [0.1, 0.15) is 0 Å². The highest BCUT2D eigenvalue weighted by Crippen LogP contribution is 1.77. The molecule has 0 saturated heterocycles. The molecule has 0 aromatic carbocycles. The van der Waals surface area contributed by atoms with Crippen LogP contribution in [0.15, 0.2) is 9.98 Å². The third-order valence-corrected chi connectivity index (χ3v) is 1.06. The van der Waals surface area contributed by atoms with Crippen molar-refractivity contribution < 1.29 is 0 Å². The van der Waals surface area contributed by atoms with Crippen LogP contribution in [0, 0.1) is 0 Å². The number of nitrogens with two attached hydrogens (primary N) is 3. The minimum Gasteiger partial charge on any atom is -0.370 e. The first kappa shape index (κ1) is 10.7. The normalized spacial score (nSPS) is 11.8. The molecular formula is C6H16N6. The van der Waals surface area contributed by atoms with Crippen molar-refractivity contribution in [1.82, 2.24) is 4.90 Å². The summed E-state index contributed by atoms with van der Waals surface area (Å²) >= 11 is 0. The fourth-order valence-electron chi connectivity index (χ4n) is 0.532. The molecule has 0 saturated carbocycles. The van der Waals surface area contributed by atoms with Crippen LogP contribution in [-0.2, 0) is 0 Å². The smallest absolute Gasteiger partial charge is 0.218 e. The van der Waals surface area contributed by atoms with Crippen molar-refractivity contribution in [3.8, 4) is 0 Å². The molecular weight excluding hydrogens is 156 g/mol. The van der Waals surface area contributed by atoms with Crippen LogP contribution in [0.3, 0.4) is 0 Å². The van der Waals surface area contributed by atoms with Gasteiger partial charge in [-0.3, -0.25) is 4.99 Å². The van der Waals surface area contributed by atoms with E-state index < -0.39 is 0 Å². The van der Waals surface area contributed by atoms with Crippen molar-refractivity contribution in [2.24, 2.45) is 27.2 Å². The molecule has 0 aromatic heterocycles. The number of guanidine groups is 2. The van der Waals surface area contributed by atoms with Crippen molar-refractivity contribution in [1.29, 1.82) is 0 Å². The summed E-state index contributed by atoms with van der Waals surface area (Å²) in [6.07, 6.45) is 0. The Bertz CT molecular complexity index is 178. The predicted octanol–water partition coefficient (Wildman–Crippen LogP) is -1.86. The van der Waals surface area contributed by atoms with Crippen LogP contribution in [0.2, 0.25) is 0 Å². The second-order valence-electron chi connectivity index (χ2n) is 2.58. The van der Waals surface area contributed by atoms with Crippen LogP contribution in [0.25, 0.3) is 0 Å². The molecule has 0 rings (SSSR count). The lowest BCUT2D eigenvalue weighted by Gasteiger charge is -2.05. The third-order valence-electron chi connectivity index (χ3n) is 1.06. The van der Waals surface area contributed by atoms with E-state index in [2.05, 4.69) is 9.98 Å². The second kappa shape index (κ2) is 5.36. The van der Waals surface area contributed by atoms with Gasteiger partial charge in [0, 0.05) is 6.54 Å². The number of nitrogens with zero attached hydrogens (tertiary/aromatic N) is 3. The fourth-order valence-corrected chi connectivity index (χ4v) is 0.532. The summed E-state index contributed by atoms with van der Waals surface area (Å²) in [5.74, 6) is 0.0537. The number of likely N-dealkylation sites (N-methyl/N-ethyl adjacent to an activating group) is 1. The molecule has 0 amide bonds. The maximum Gasteiger partial charge on any atom is 0.218 e. The summed E-state index contributed by atoms with van der Waals surface area (Å²) < 4.78 is 0. The molecule has 6 nitrogen and oxygen atoms in total. The number of hydrogen-bond acceptors (Lipinski definition) is 2. The largest absolute Gasteiger partial charge is 0.370 e. The Morgan fingerprint density at radius 1 is 1.25 bits per heavy atom. The number of hydrogen-bond donors (Lipinski definition) is 3. The zero-order chi connectivity index (χ0) is 9.56. The van der Waals surface area contributed by atoms with Crippen molar-refractivity contribution in [3.05, 3.63) is 0 Å². The van der Waals surface area contributed by atoms with Gasteiger partial charge in [-0.1, -0.05) is 0 Å². The van der Waals surface area contributed by atoms with Gasteiger partial charge in [-0.15, -0.1) is 0 Å². The van der Waals surface area contributed by atoms with Gasteiger partial charge in [0.2, 0.25) is 5.96 Å². The van der Waals surface area contributed by atoms with Gasteiger partial charge in [-0.2, -0.15) is 4.99 Å². The Hall–Kier alpha value is -1.30. The summed E-state index contributed by atoms with van der Waals surface area (Å²) in [7, 11) is 3.90.